The van der Waals surface area contributed by atoms with Gasteiger partial charge in [-0.2, -0.15) is 5.11 Å². The SMILES string of the molecule is [O]C(=S=O)c1ccccn1. The summed E-state index contributed by atoms with van der Waals surface area (Å²) in [6, 6.07) is 4.86. The molecule has 1 aromatic heterocycles. The van der Waals surface area contributed by atoms with Crippen LogP contribution in [-0.4, -0.2) is 14.2 Å². The Bertz CT molecular complexity index is 266. The fourth-order valence-corrected chi connectivity index (χ4v) is 0.732. The maximum absolute atomic E-state index is 10.6. The molecule has 4 heteroatoms. The molecule has 3 nitrogen and oxygen atoms in total. The Balaban J connectivity index is 3.08. The van der Waals surface area contributed by atoms with Crippen LogP contribution in [0.4, 0.5) is 0 Å². The molecular formula is C6H4NO2S. The molecule has 0 spiro atoms. The summed E-state index contributed by atoms with van der Waals surface area (Å²) in [7, 11) is 0. The van der Waals surface area contributed by atoms with Crippen LogP contribution in [0, 0.1) is 0 Å². The van der Waals surface area contributed by atoms with Crippen LogP contribution >= 0.6 is 0 Å². The van der Waals surface area contributed by atoms with E-state index in [-0.39, 0.29) is 16.9 Å². The first-order valence-corrected chi connectivity index (χ1v) is 3.34. The summed E-state index contributed by atoms with van der Waals surface area (Å²) in [6.45, 7) is 0. The van der Waals surface area contributed by atoms with Gasteiger partial charge in [0.25, 0.3) is 0 Å². The third kappa shape index (κ3) is 1.49. The van der Waals surface area contributed by atoms with E-state index in [4.69, 9.17) is 0 Å². The lowest BCUT2D eigenvalue weighted by Crippen LogP contribution is -1.97. The van der Waals surface area contributed by atoms with Gasteiger partial charge in [0, 0.05) is 6.20 Å². The van der Waals surface area contributed by atoms with Gasteiger partial charge in [-0.1, -0.05) is 6.07 Å². The zero-order valence-corrected chi connectivity index (χ0v) is 5.80. The van der Waals surface area contributed by atoms with Gasteiger partial charge in [0.1, 0.15) is 16.9 Å². The highest BCUT2D eigenvalue weighted by Gasteiger charge is 1.98. The van der Waals surface area contributed by atoms with Gasteiger partial charge in [0.05, 0.1) is 0 Å². The first kappa shape index (κ1) is 7.11. The van der Waals surface area contributed by atoms with Crippen molar-refractivity contribution in [3.8, 4) is 0 Å². The van der Waals surface area contributed by atoms with Crippen molar-refractivity contribution >= 4 is 16.3 Å². The second kappa shape index (κ2) is 3.24. The summed E-state index contributed by atoms with van der Waals surface area (Å²) in [5, 5.41) is 10.1. The van der Waals surface area contributed by atoms with Crippen LogP contribution in [0.5, 0.6) is 0 Å². The number of nitrogens with zero attached hydrogens (tertiary/aromatic N) is 1. The topological polar surface area (TPSA) is 49.9 Å². The zero-order valence-electron chi connectivity index (χ0n) is 4.98. The molecule has 0 saturated carbocycles. The molecule has 0 amide bonds. The van der Waals surface area contributed by atoms with Gasteiger partial charge in [-0.05, 0) is 12.1 Å². The Morgan fingerprint density at radius 2 is 2.30 bits per heavy atom. The molecule has 1 rings (SSSR count). The van der Waals surface area contributed by atoms with E-state index >= 15 is 0 Å². The fraction of sp³-hybridized carbons (Fsp3) is 0. The molecule has 1 heterocycles. The number of rotatable bonds is 1. The van der Waals surface area contributed by atoms with Gasteiger partial charge < -0.3 is 0 Å². The fourth-order valence-electron chi connectivity index (χ4n) is 0.526. The standard InChI is InChI=1S/C6H4NO2S/c8-6(10-9)5-3-1-2-4-7-5/h1-4H. The molecule has 0 unspecified atom stereocenters. The van der Waals surface area contributed by atoms with Crippen LogP contribution in [0.15, 0.2) is 24.4 Å². The number of pyridine rings is 1. The lowest BCUT2D eigenvalue weighted by atomic mass is 10.4. The molecule has 0 aliphatic carbocycles. The summed E-state index contributed by atoms with van der Waals surface area (Å²) in [5.41, 5.74) is 0.211. The van der Waals surface area contributed by atoms with Crippen molar-refractivity contribution in [2.75, 3.05) is 0 Å². The molecule has 1 radical (unpaired) electrons. The molecule has 0 atom stereocenters. The molecule has 0 bridgehead atoms. The average molecular weight is 154 g/mol. The third-order valence-electron chi connectivity index (χ3n) is 0.950. The van der Waals surface area contributed by atoms with Crippen molar-refractivity contribution in [3.05, 3.63) is 30.1 Å². The minimum atomic E-state index is -0.541. The number of hydrogen-bond acceptors (Lipinski definition) is 2. The van der Waals surface area contributed by atoms with Gasteiger partial charge >= 0.3 is 0 Å². The first-order chi connectivity index (χ1) is 4.84. The van der Waals surface area contributed by atoms with Gasteiger partial charge in [0.2, 0.25) is 5.05 Å². The van der Waals surface area contributed by atoms with E-state index in [9.17, 15) is 9.32 Å². The van der Waals surface area contributed by atoms with Crippen molar-refractivity contribution in [3.63, 3.8) is 0 Å². The minimum absolute atomic E-state index is 0.0735. The molecule has 0 aliphatic heterocycles. The highest BCUT2D eigenvalue weighted by Crippen LogP contribution is 1.91. The lowest BCUT2D eigenvalue weighted by molar-refractivity contribution is 0.440. The molecule has 0 saturated heterocycles. The summed E-state index contributed by atoms with van der Waals surface area (Å²) in [4.78, 5) is 3.68. The Kier molecular flexibility index (Phi) is 2.30. The summed E-state index contributed by atoms with van der Waals surface area (Å²) < 4.78 is 9.96. The molecule has 0 aromatic carbocycles. The molecule has 0 N–H and O–H groups in total. The highest BCUT2D eigenvalue weighted by molar-refractivity contribution is 7.66. The maximum Gasteiger partial charge on any atom is 0.231 e. The predicted octanol–water partition coefficient (Wildman–Crippen LogP) is 0.203. The van der Waals surface area contributed by atoms with Crippen LogP contribution in [-0.2, 0) is 16.4 Å². The van der Waals surface area contributed by atoms with E-state index in [1.165, 1.54) is 12.3 Å². The Morgan fingerprint density at radius 1 is 1.50 bits per heavy atom. The van der Waals surface area contributed by atoms with Crippen LogP contribution in [0.2, 0.25) is 0 Å². The molecular weight excluding hydrogens is 150 g/mol. The van der Waals surface area contributed by atoms with Crippen molar-refractivity contribution in [1.82, 2.24) is 4.98 Å². The van der Waals surface area contributed by atoms with Gasteiger partial charge in [-0.25, -0.2) is 4.21 Å². The zero-order chi connectivity index (χ0) is 7.40. The second-order valence-corrected chi connectivity index (χ2v) is 2.12. The van der Waals surface area contributed by atoms with E-state index in [1.807, 2.05) is 0 Å². The molecule has 0 aliphatic rings. The van der Waals surface area contributed by atoms with E-state index in [2.05, 4.69) is 4.98 Å². The Labute approximate surface area is 61.4 Å². The van der Waals surface area contributed by atoms with Crippen LogP contribution in [0.25, 0.3) is 0 Å². The van der Waals surface area contributed by atoms with Gasteiger partial charge in [-0.15, -0.1) is 0 Å². The maximum atomic E-state index is 10.6. The number of hydrogen-bond donors (Lipinski definition) is 0. The van der Waals surface area contributed by atoms with Crippen molar-refractivity contribution in [2.45, 2.75) is 0 Å². The summed E-state index contributed by atoms with van der Waals surface area (Å²) >= 11 is -0.0735. The van der Waals surface area contributed by atoms with Crippen molar-refractivity contribution in [2.24, 2.45) is 0 Å². The smallest absolute Gasteiger partial charge is 0.231 e. The summed E-state index contributed by atoms with van der Waals surface area (Å²) in [5.74, 6) is 0. The Hall–Kier alpha value is -1.00. The third-order valence-corrected chi connectivity index (χ3v) is 1.31. The lowest BCUT2D eigenvalue weighted by Gasteiger charge is -1.88. The van der Waals surface area contributed by atoms with Crippen LogP contribution in [0.3, 0.4) is 0 Å². The molecule has 0 fully saturated rings. The molecule has 51 valence electrons. The van der Waals surface area contributed by atoms with Crippen molar-refractivity contribution in [1.29, 1.82) is 0 Å². The van der Waals surface area contributed by atoms with E-state index in [1.54, 1.807) is 12.1 Å². The second-order valence-electron chi connectivity index (χ2n) is 1.59. The van der Waals surface area contributed by atoms with E-state index < -0.39 is 5.05 Å². The normalized spacial score (nSPS) is 8.90. The monoisotopic (exact) mass is 154 g/mol. The van der Waals surface area contributed by atoms with Crippen molar-refractivity contribution < 1.29 is 9.32 Å². The van der Waals surface area contributed by atoms with E-state index in [0.29, 0.717) is 0 Å². The largest absolute Gasteiger partial charge is 0.253 e. The summed E-state index contributed by atoms with van der Waals surface area (Å²) in [6.07, 6.45) is 1.48. The molecule has 10 heavy (non-hydrogen) atoms. The first-order valence-electron chi connectivity index (χ1n) is 2.60. The van der Waals surface area contributed by atoms with E-state index in [0.717, 1.165) is 0 Å². The average Bonchev–Trinajstić information content (AvgIpc) is 2.05. The van der Waals surface area contributed by atoms with Gasteiger partial charge in [-0.3, -0.25) is 4.98 Å². The Morgan fingerprint density at radius 3 is 2.80 bits per heavy atom. The predicted molar refractivity (Wildman–Crippen MR) is 37.2 cm³/mol. The van der Waals surface area contributed by atoms with Crippen LogP contribution < -0.4 is 0 Å². The molecule has 1 aromatic rings. The highest BCUT2D eigenvalue weighted by atomic mass is 32.1. The minimum Gasteiger partial charge on any atom is -0.253 e. The number of aromatic nitrogens is 1. The van der Waals surface area contributed by atoms with Gasteiger partial charge in [0.15, 0.2) is 0 Å². The quantitative estimate of drug-likeness (QED) is 0.542. The van der Waals surface area contributed by atoms with Crippen LogP contribution in [0.1, 0.15) is 5.69 Å².